The molecule has 1 aliphatic carbocycles. The molecule has 1 aromatic heterocycles. The van der Waals surface area contributed by atoms with Crippen molar-refractivity contribution < 1.29 is 23.8 Å². The van der Waals surface area contributed by atoms with Crippen molar-refractivity contribution in [3.05, 3.63) is 46.8 Å². The van der Waals surface area contributed by atoms with E-state index in [0.717, 1.165) is 24.2 Å². The molecule has 1 saturated carbocycles. The Morgan fingerprint density at radius 1 is 1.08 bits per heavy atom. The second kappa shape index (κ2) is 7.23. The minimum absolute atomic E-state index is 0.322. The number of nitrogens with zero attached hydrogens (tertiary/aromatic N) is 1. The van der Waals surface area contributed by atoms with Crippen LogP contribution in [-0.4, -0.2) is 37.1 Å². The first-order valence-corrected chi connectivity index (χ1v) is 8.57. The van der Waals surface area contributed by atoms with Gasteiger partial charge in [0.05, 0.1) is 25.3 Å². The van der Waals surface area contributed by atoms with Gasteiger partial charge in [0.1, 0.15) is 11.5 Å². The molecule has 1 fully saturated rings. The smallest absolute Gasteiger partial charge is 0.340 e. The number of carbonyl (C=O) groups excluding carboxylic acids is 2. The van der Waals surface area contributed by atoms with Crippen LogP contribution in [-0.2, 0) is 4.74 Å². The van der Waals surface area contributed by atoms with Gasteiger partial charge in [0.2, 0.25) is 5.78 Å². The molecular weight excluding hydrogens is 334 g/mol. The zero-order valence-electron chi connectivity index (χ0n) is 15.5. The van der Waals surface area contributed by atoms with Gasteiger partial charge in [-0.1, -0.05) is 0 Å². The summed E-state index contributed by atoms with van der Waals surface area (Å²) in [5.74, 6) is 0.123. The lowest BCUT2D eigenvalue weighted by molar-refractivity contribution is 0.0473. The molecule has 2 aromatic rings. The summed E-state index contributed by atoms with van der Waals surface area (Å²) in [7, 11) is 3.00. The number of Topliss-reactive ketones (excluding diaryl/α,β-unsaturated/α-hetero) is 1. The minimum atomic E-state index is -0.486. The first-order valence-electron chi connectivity index (χ1n) is 8.57. The van der Waals surface area contributed by atoms with E-state index in [1.807, 2.05) is 19.9 Å². The van der Waals surface area contributed by atoms with Crippen molar-refractivity contribution in [3.63, 3.8) is 0 Å². The maximum atomic E-state index is 12.5. The van der Waals surface area contributed by atoms with Crippen LogP contribution >= 0.6 is 0 Å². The largest absolute Gasteiger partial charge is 0.497 e. The van der Waals surface area contributed by atoms with E-state index in [2.05, 4.69) is 4.57 Å². The van der Waals surface area contributed by atoms with Crippen LogP contribution in [0, 0.1) is 13.8 Å². The first kappa shape index (κ1) is 18.0. The minimum Gasteiger partial charge on any atom is -0.497 e. The van der Waals surface area contributed by atoms with E-state index in [4.69, 9.17) is 14.2 Å². The molecule has 138 valence electrons. The second-order valence-corrected chi connectivity index (χ2v) is 6.45. The van der Waals surface area contributed by atoms with Gasteiger partial charge in [-0.2, -0.15) is 0 Å². The molecule has 0 amide bonds. The lowest BCUT2D eigenvalue weighted by atomic mass is 10.1. The maximum Gasteiger partial charge on any atom is 0.340 e. The number of ether oxygens (including phenoxy) is 3. The van der Waals surface area contributed by atoms with Crippen LogP contribution < -0.4 is 9.47 Å². The summed E-state index contributed by atoms with van der Waals surface area (Å²) in [6, 6.07) is 7.24. The molecule has 0 radical (unpaired) electrons. The predicted octanol–water partition coefficient (Wildman–Crippen LogP) is 3.50. The van der Waals surface area contributed by atoms with Gasteiger partial charge in [0, 0.05) is 17.4 Å². The fourth-order valence-corrected chi connectivity index (χ4v) is 3.20. The third-order valence-corrected chi connectivity index (χ3v) is 4.66. The van der Waals surface area contributed by atoms with Crippen molar-refractivity contribution in [2.24, 2.45) is 0 Å². The number of hydrogen-bond donors (Lipinski definition) is 0. The highest BCUT2D eigenvalue weighted by atomic mass is 16.5. The molecule has 0 unspecified atom stereocenters. The summed E-state index contributed by atoms with van der Waals surface area (Å²) >= 11 is 0. The van der Waals surface area contributed by atoms with Crippen molar-refractivity contribution in [3.8, 4) is 11.5 Å². The number of aryl methyl sites for hydroxylation is 1. The second-order valence-electron chi connectivity index (χ2n) is 6.45. The highest BCUT2D eigenvalue weighted by molar-refractivity contribution is 6.01. The summed E-state index contributed by atoms with van der Waals surface area (Å²) in [6.45, 7) is 3.54. The number of aromatic nitrogens is 1. The van der Waals surface area contributed by atoms with E-state index in [9.17, 15) is 9.59 Å². The van der Waals surface area contributed by atoms with Crippen molar-refractivity contribution in [2.75, 3.05) is 20.8 Å². The lowest BCUT2D eigenvalue weighted by Crippen LogP contribution is -2.15. The van der Waals surface area contributed by atoms with Gasteiger partial charge in [-0.15, -0.1) is 0 Å². The van der Waals surface area contributed by atoms with Gasteiger partial charge in [0.15, 0.2) is 6.61 Å². The number of esters is 1. The number of carbonyl (C=O) groups is 2. The number of rotatable bonds is 7. The van der Waals surface area contributed by atoms with Crippen LogP contribution in [0.5, 0.6) is 11.5 Å². The standard InChI is InChI=1S/C20H23NO5/c1-12-9-16(13(2)21(12)14-5-6-14)20(23)26-11-18(22)17-10-15(24-3)7-8-19(17)25-4/h7-10,14H,5-6,11H2,1-4H3. The van der Waals surface area contributed by atoms with Crippen molar-refractivity contribution in [1.29, 1.82) is 0 Å². The Bertz CT molecular complexity index is 848. The Kier molecular flexibility index (Phi) is 5.02. The van der Waals surface area contributed by atoms with E-state index < -0.39 is 5.97 Å². The Labute approximate surface area is 152 Å². The normalized spacial score (nSPS) is 13.4. The summed E-state index contributed by atoms with van der Waals surface area (Å²) in [5.41, 5.74) is 2.77. The quantitative estimate of drug-likeness (QED) is 0.560. The topological polar surface area (TPSA) is 66.8 Å². The third-order valence-electron chi connectivity index (χ3n) is 4.66. The van der Waals surface area contributed by atoms with Gasteiger partial charge in [-0.25, -0.2) is 4.79 Å². The molecule has 6 heteroatoms. The Morgan fingerprint density at radius 3 is 2.42 bits per heavy atom. The third kappa shape index (κ3) is 3.45. The highest BCUT2D eigenvalue weighted by Gasteiger charge is 2.29. The van der Waals surface area contributed by atoms with Crippen LogP contribution in [0.15, 0.2) is 24.3 Å². The zero-order valence-corrected chi connectivity index (χ0v) is 15.5. The molecule has 0 aliphatic heterocycles. The van der Waals surface area contributed by atoms with E-state index in [-0.39, 0.29) is 12.4 Å². The molecule has 0 spiro atoms. The zero-order chi connectivity index (χ0) is 18.8. The molecule has 6 nitrogen and oxygen atoms in total. The average Bonchev–Trinajstić information content (AvgIpc) is 3.43. The number of hydrogen-bond acceptors (Lipinski definition) is 5. The maximum absolute atomic E-state index is 12.5. The SMILES string of the molecule is COc1ccc(OC)c(C(=O)COC(=O)c2cc(C)n(C3CC3)c2C)c1. The summed E-state index contributed by atoms with van der Waals surface area (Å²) in [5, 5.41) is 0. The van der Waals surface area contributed by atoms with Crippen molar-refractivity contribution in [1.82, 2.24) is 4.57 Å². The summed E-state index contributed by atoms with van der Waals surface area (Å²) in [4.78, 5) is 24.9. The molecule has 1 aliphatic rings. The van der Waals surface area contributed by atoms with E-state index >= 15 is 0 Å². The average molecular weight is 357 g/mol. The molecular formula is C20H23NO5. The van der Waals surface area contributed by atoms with Crippen LogP contribution in [0.1, 0.15) is 51.0 Å². The van der Waals surface area contributed by atoms with Crippen LogP contribution in [0.4, 0.5) is 0 Å². The van der Waals surface area contributed by atoms with Gasteiger partial charge in [-0.3, -0.25) is 4.79 Å². The monoisotopic (exact) mass is 357 g/mol. The first-order chi connectivity index (χ1) is 12.5. The molecule has 1 heterocycles. The van der Waals surface area contributed by atoms with Crippen molar-refractivity contribution >= 4 is 11.8 Å². The molecule has 26 heavy (non-hydrogen) atoms. The highest BCUT2D eigenvalue weighted by Crippen LogP contribution is 2.38. The number of ketones is 1. The van der Waals surface area contributed by atoms with Gasteiger partial charge < -0.3 is 18.8 Å². The number of benzene rings is 1. The summed E-state index contributed by atoms with van der Waals surface area (Å²) in [6.07, 6.45) is 2.28. The van der Waals surface area contributed by atoms with Crippen molar-refractivity contribution in [2.45, 2.75) is 32.7 Å². The fourth-order valence-electron chi connectivity index (χ4n) is 3.20. The lowest BCUT2D eigenvalue weighted by Gasteiger charge is -2.10. The molecule has 1 aromatic carbocycles. The van der Waals surface area contributed by atoms with E-state index in [1.165, 1.54) is 14.2 Å². The van der Waals surface area contributed by atoms with Crippen LogP contribution in [0.25, 0.3) is 0 Å². The Balaban J connectivity index is 1.72. The fraction of sp³-hybridized carbons (Fsp3) is 0.400. The molecule has 0 saturated heterocycles. The van der Waals surface area contributed by atoms with Crippen LogP contribution in [0.2, 0.25) is 0 Å². The van der Waals surface area contributed by atoms with Gasteiger partial charge in [0.25, 0.3) is 0 Å². The predicted molar refractivity (Wildman–Crippen MR) is 96.3 cm³/mol. The summed E-state index contributed by atoms with van der Waals surface area (Å²) < 4.78 is 17.8. The molecule has 3 rings (SSSR count). The Hall–Kier alpha value is -2.76. The van der Waals surface area contributed by atoms with Crippen LogP contribution in [0.3, 0.4) is 0 Å². The van der Waals surface area contributed by atoms with Gasteiger partial charge >= 0.3 is 5.97 Å². The molecule has 0 bridgehead atoms. The molecule has 0 N–H and O–H groups in total. The Morgan fingerprint density at radius 2 is 1.81 bits per heavy atom. The number of methoxy groups -OCH3 is 2. The van der Waals surface area contributed by atoms with E-state index in [0.29, 0.717) is 28.7 Å². The van der Waals surface area contributed by atoms with Gasteiger partial charge in [-0.05, 0) is 51.0 Å². The van der Waals surface area contributed by atoms with E-state index in [1.54, 1.807) is 18.2 Å². The molecule has 0 atom stereocenters.